The van der Waals surface area contributed by atoms with Gasteiger partial charge in [-0.25, -0.2) is 4.79 Å². The summed E-state index contributed by atoms with van der Waals surface area (Å²) in [6.07, 6.45) is 4.11. The number of amides is 4. The minimum absolute atomic E-state index is 0.00775. The highest BCUT2D eigenvalue weighted by molar-refractivity contribution is 5.96. The van der Waals surface area contributed by atoms with Crippen LogP contribution in [0.5, 0.6) is 0 Å². The van der Waals surface area contributed by atoms with Crippen LogP contribution in [0, 0.1) is 0 Å². The van der Waals surface area contributed by atoms with Crippen LogP contribution >= 0.6 is 0 Å². The largest absolute Gasteiger partial charge is 0.469 e. The Balaban J connectivity index is 6.02. The number of nitrogens with one attached hydrogen (secondary N) is 4. The fraction of sp³-hybridized carbons (Fsp3) is 0.688. The van der Waals surface area contributed by atoms with Crippen molar-refractivity contribution >= 4 is 35.6 Å². The summed E-state index contributed by atoms with van der Waals surface area (Å²) >= 11 is 0. The molecule has 4 amide bonds. The molecule has 262 valence electrons. The Morgan fingerprint density at radius 2 is 1.17 bits per heavy atom. The van der Waals surface area contributed by atoms with Gasteiger partial charge < -0.3 is 40.2 Å². The zero-order valence-electron chi connectivity index (χ0n) is 29.3. The molecule has 0 bridgehead atoms. The Kier molecular flexibility index (Phi) is 18.1. The Morgan fingerprint density at radius 1 is 0.674 bits per heavy atom. The molecule has 0 aliphatic rings. The van der Waals surface area contributed by atoms with Gasteiger partial charge in [0, 0.05) is 0 Å². The van der Waals surface area contributed by atoms with E-state index in [9.17, 15) is 28.8 Å². The maximum absolute atomic E-state index is 13.5. The van der Waals surface area contributed by atoms with Crippen molar-refractivity contribution in [3.8, 4) is 0 Å². The predicted molar refractivity (Wildman–Crippen MR) is 171 cm³/mol. The molecule has 0 aromatic rings. The number of ether oxygens (including phenoxy) is 4. The lowest BCUT2D eigenvalue weighted by Crippen LogP contribution is -2.61. The molecule has 14 heteroatoms. The van der Waals surface area contributed by atoms with Crippen LogP contribution in [0.3, 0.4) is 0 Å². The normalized spacial score (nSPS) is 16.0. The first-order valence-electron chi connectivity index (χ1n) is 15.1. The first kappa shape index (κ1) is 42.2. The topological polar surface area (TPSA) is 187 Å². The molecule has 0 aromatic carbocycles. The van der Waals surface area contributed by atoms with E-state index >= 15 is 0 Å². The van der Waals surface area contributed by atoms with E-state index in [4.69, 9.17) is 14.2 Å². The minimum atomic E-state index is -1.30. The molecule has 0 radical (unpaired) electrons. The summed E-state index contributed by atoms with van der Waals surface area (Å²) in [6.45, 7) is 17.0. The average molecular weight is 655 g/mol. The van der Waals surface area contributed by atoms with Gasteiger partial charge in [-0.15, -0.1) is 0 Å². The predicted octanol–water partition coefficient (Wildman–Crippen LogP) is 1.61. The summed E-state index contributed by atoms with van der Waals surface area (Å²) in [5.41, 5.74) is -1.34. The van der Waals surface area contributed by atoms with Crippen molar-refractivity contribution < 1.29 is 47.7 Å². The summed E-state index contributed by atoms with van der Waals surface area (Å²) in [6, 6.07) is -4.75. The molecule has 0 aromatic heterocycles. The highest BCUT2D eigenvalue weighted by atomic mass is 16.5. The van der Waals surface area contributed by atoms with Crippen molar-refractivity contribution in [2.75, 3.05) is 14.2 Å². The van der Waals surface area contributed by atoms with Crippen molar-refractivity contribution in [2.45, 2.75) is 130 Å². The molecule has 4 N–H and O–H groups in total. The van der Waals surface area contributed by atoms with E-state index < -0.39 is 83.1 Å². The van der Waals surface area contributed by atoms with E-state index in [1.807, 2.05) is 0 Å². The van der Waals surface area contributed by atoms with Gasteiger partial charge in [0.1, 0.15) is 24.2 Å². The number of rotatable bonds is 17. The van der Waals surface area contributed by atoms with Crippen LogP contribution < -0.4 is 21.3 Å². The lowest BCUT2D eigenvalue weighted by molar-refractivity contribution is -0.147. The third-order valence-corrected chi connectivity index (χ3v) is 6.10. The number of carbonyl (C=O) groups excluding carboxylic acids is 6. The van der Waals surface area contributed by atoms with E-state index in [2.05, 4.69) is 26.0 Å². The zero-order chi connectivity index (χ0) is 35.8. The lowest BCUT2D eigenvalue weighted by Gasteiger charge is -2.33. The molecule has 0 fully saturated rings. The van der Waals surface area contributed by atoms with E-state index in [0.717, 1.165) is 7.11 Å². The Hall–Kier alpha value is -3.78. The summed E-state index contributed by atoms with van der Waals surface area (Å²) in [7, 11) is 2.41. The second kappa shape index (κ2) is 19.7. The fourth-order valence-electron chi connectivity index (χ4n) is 4.16. The standard InChI is InChI=1S/C32H54N4O10/c1-13-16-23(37)35-25(20(3)45-31(5,6)7)28(40)33-19(2)27(39)36-26(21(4)46-32(8,9)10)29(41)34-22(30(42)44-12)17-14-15-18-24(38)43-11/h13-16,19-22,25-26H,17-18H2,1-12H3,(H,33,40)(H,34,41)(H,35,37)(H,36,39)/b15-14+,16-13+. The van der Waals surface area contributed by atoms with Crippen LogP contribution in [0.2, 0.25) is 0 Å². The van der Waals surface area contributed by atoms with E-state index in [0.29, 0.717) is 0 Å². The number of hydrogen-bond acceptors (Lipinski definition) is 10. The third kappa shape index (κ3) is 17.1. The Labute approximate surface area is 272 Å². The second-order valence-corrected chi connectivity index (χ2v) is 12.6. The molecule has 0 aliphatic carbocycles. The van der Waals surface area contributed by atoms with Crippen molar-refractivity contribution in [1.82, 2.24) is 21.3 Å². The summed E-state index contributed by atoms with van der Waals surface area (Å²) < 4.78 is 21.3. The van der Waals surface area contributed by atoms with E-state index in [-0.39, 0.29) is 12.8 Å². The number of hydrogen-bond donors (Lipinski definition) is 4. The zero-order valence-corrected chi connectivity index (χ0v) is 29.3. The molecule has 6 atom stereocenters. The third-order valence-electron chi connectivity index (χ3n) is 6.10. The van der Waals surface area contributed by atoms with Crippen molar-refractivity contribution in [3.63, 3.8) is 0 Å². The van der Waals surface area contributed by atoms with Gasteiger partial charge in [-0.1, -0.05) is 18.2 Å². The van der Waals surface area contributed by atoms with E-state index in [1.165, 1.54) is 38.3 Å². The van der Waals surface area contributed by atoms with Crippen molar-refractivity contribution in [3.05, 3.63) is 24.3 Å². The second-order valence-electron chi connectivity index (χ2n) is 12.6. The molecule has 46 heavy (non-hydrogen) atoms. The van der Waals surface area contributed by atoms with E-state index in [1.54, 1.807) is 62.3 Å². The Morgan fingerprint density at radius 3 is 1.63 bits per heavy atom. The van der Waals surface area contributed by atoms with Crippen LogP contribution in [0.25, 0.3) is 0 Å². The quantitative estimate of drug-likeness (QED) is 0.102. The lowest BCUT2D eigenvalue weighted by atomic mass is 10.1. The first-order chi connectivity index (χ1) is 21.1. The highest BCUT2D eigenvalue weighted by Gasteiger charge is 2.36. The Bertz CT molecular complexity index is 1110. The first-order valence-corrected chi connectivity index (χ1v) is 15.1. The highest BCUT2D eigenvalue weighted by Crippen LogP contribution is 2.15. The maximum atomic E-state index is 13.5. The number of esters is 2. The molecular formula is C32H54N4O10. The minimum Gasteiger partial charge on any atom is -0.469 e. The van der Waals surface area contributed by atoms with Crippen LogP contribution in [0.15, 0.2) is 24.3 Å². The van der Waals surface area contributed by atoms with Gasteiger partial charge in [0.05, 0.1) is 44.1 Å². The smallest absolute Gasteiger partial charge is 0.328 e. The molecule has 0 heterocycles. The van der Waals surface area contributed by atoms with Crippen molar-refractivity contribution in [1.29, 1.82) is 0 Å². The number of carbonyl (C=O) groups is 6. The molecule has 6 unspecified atom stereocenters. The van der Waals surface area contributed by atoms with Gasteiger partial charge in [-0.05, 0) is 81.7 Å². The van der Waals surface area contributed by atoms with Gasteiger partial charge in [0.2, 0.25) is 23.6 Å². The molecule has 0 saturated carbocycles. The average Bonchev–Trinajstić information content (AvgIpc) is 2.93. The van der Waals surface area contributed by atoms with Crippen LogP contribution in [0.1, 0.15) is 82.1 Å². The number of allylic oxidation sites excluding steroid dienone is 1. The van der Waals surface area contributed by atoms with Gasteiger partial charge in [0.15, 0.2) is 0 Å². The SMILES string of the molecule is C/C=C/C(=O)NC(C(=O)NC(C)C(=O)NC(C(=O)NC(C/C=C/CC(=O)OC)C(=O)OC)C(C)OC(C)(C)C)C(C)OC(C)(C)C. The summed E-state index contributed by atoms with van der Waals surface area (Å²) in [5.74, 6) is -3.90. The van der Waals surface area contributed by atoms with Crippen LogP contribution in [0.4, 0.5) is 0 Å². The van der Waals surface area contributed by atoms with Gasteiger partial charge in [0.25, 0.3) is 0 Å². The fourth-order valence-corrected chi connectivity index (χ4v) is 4.16. The molecule has 0 spiro atoms. The molecular weight excluding hydrogens is 600 g/mol. The van der Waals surface area contributed by atoms with Gasteiger partial charge in [-0.3, -0.25) is 24.0 Å². The summed E-state index contributed by atoms with van der Waals surface area (Å²) in [5, 5.41) is 10.4. The molecule has 14 nitrogen and oxygen atoms in total. The maximum Gasteiger partial charge on any atom is 0.328 e. The molecule has 0 aliphatic heterocycles. The monoisotopic (exact) mass is 654 g/mol. The molecule has 0 rings (SSSR count). The van der Waals surface area contributed by atoms with Crippen LogP contribution in [-0.2, 0) is 47.7 Å². The summed E-state index contributed by atoms with van der Waals surface area (Å²) in [4.78, 5) is 76.3. The van der Waals surface area contributed by atoms with Crippen LogP contribution in [-0.4, -0.2) is 97.4 Å². The van der Waals surface area contributed by atoms with Crippen molar-refractivity contribution in [2.24, 2.45) is 0 Å². The number of methoxy groups -OCH3 is 2. The van der Waals surface area contributed by atoms with Gasteiger partial charge in [-0.2, -0.15) is 0 Å². The molecule has 0 saturated heterocycles. The van der Waals surface area contributed by atoms with Gasteiger partial charge >= 0.3 is 11.9 Å².